The van der Waals surface area contributed by atoms with Crippen molar-refractivity contribution in [2.24, 2.45) is 0 Å². The summed E-state index contributed by atoms with van der Waals surface area (Å²) in [5.41, 5.74) is 9.84. The molecule has 0 aliphatic rings. The number of aromatic nitrogens is 2. The predicted molar refractivity (Wildman–Crippen MR) is 124 cm³/mol. The predicted octanol–water partition coefficient (Wildman–Crippen LogP) is 7.32. The molecule has 0 bridgehead atoms. The van der Waals surface area contributed by atoms with Gasteiger partial charge in [-0.1, -0.05) is 89.7 Å². The Kier molecular flexibility index (Phi) is 4.33. The summed E-state index contributed by atoms with van der Waals surface area (Å²) in [6, 6.07) is 25.6. The number of hydrogen-bond donors (Lipinski definition) is 0. The summed E-state index contributed by atoms with van der Waals surface area (Å²) in [5.74, 6) is 0. The fourth-order valence-electron chi connectivity index (χ4n) is 4.17. The van der Waals surface area contributed by atoms with Gasteiger partial charge in [0, 0.05) is 17.3 Å². The van der Waals surface area contributed by atoms with Crippen LogP contribution in [0.5, 0.6) is 0 Å². The average Bonchev–Trinajstić information content (AvgIpc) is 3.26. The molecular formula is C26H22N2S. The average molecular weight is 395 g/mol. The van der Waals surface area contributed by atoms with Crippen LogP contribution in [-0.2, 0) is 0 Å². The van der Waals surface area contributed by atoms with Crippen molar-refractivity contribution in [2.75, 3.05) is 0 Å². The number of fused-ring (bicyclic) bond motifs is 1. The van der Waals surface area contributed by atoms with E-state index < -0.39 is 0 Å². The van der Waals surface area contributed by atoms with Crippen molar-refractivity contribution < 1.29 is 0 Å². The molecule has 0 unspecified atom stereocenters. The van der Waals surface area contributed by atoms with Crippen molar-refractivity contribution in [3.05, 3.63) is 95.7 Å². The number of rotatable bonds is 3. The lowest BCUT2D eigenvalue weighted by Gasteiger charge is -2.12. The first-order valence-corrected chi connectivity index (χ1v) is 10.6. The first-order valence-electron chi connectivity index (χ1n) is 9.83. The number of aryl methyl sites for hydroxylation is 3. The maximum Gasteiger partial charge on any atom is 0.195 e. The van der Waals surface area contributed by atoms with Crippen molar-refractivity contribution in [1.82, 2.24) is 9.38 Å². The van der Waals surface area contributed by atoms with E-state index in [1.807, 2.05) is 6.07 Å². The van der Waals surface area contributed by atoms with E-state index >= 15 is 0 Å². The van der Waals surface area contributed by atoms with Crippen molar-refractivity contribution in [3.8, 4) is 33.0 Å². The first kappa shape index (κ1) is 17.9. The number of thiazole rings is 1. The lowest BCUT2D eigenvalue weighted by Crippen LogP contribution is -1.92. The van der Waals surface area contributed by atoms with Crippen molar-refractivity contribution >= 4 is 16.3 Å². The SMILES string of the molecule is Cc1cc(C)c(-c2sc3nc(-c4ccccc4)cn3c2-c2ccccc2)c(C)c1. The van der Waals surface area contributed by atoms with Crippen LogP contribution >= 0.6 is 11.3 Å². The van der Waals surface area contributed by atoms with Crippen molar-refractivity contribution in [3.63, 3.8) is 0 Å². The van der Waals surface area contributed by atoms with Gasteiger partial charge >= 0.3 is 0 Å². The topological polar surface area (TPSA) is 17.3 Å². The highest BCUT2D eigenvalue weighted by Crippen LogP contribution is 2.43. The molecule has 0 saturated carbocycles. The van der Waals surface area contributed by atoms with Crippen molar-refractivity contribution in [1.29, 1.82) is 0 Å². The van der Waals surface area contributed by atoms with E-state index in [0.29, 0.717) is 0 Å². The molecular weight excluding hydrogens is 372 g/mol. The van der Waals surface area contributed by atoms with Crippen LogP contribution in [0.1, 0.15) is 16.7 Å². The highest BCUT2D eigenvalue weighted by atomic mass is 32.1. The maximum atomic E-state index is 4.97. The summed E-state index contributed by atoms with van der Waals surface area (Å²) in [6.45, 7) is 6.58. The monoisotopic (exact) mass is 394 g/mol. The second kappa shape index (κ2) is 7.02. The summed E-state index contributed by atoms with van der Waals surface area (Å²) in [7, 11) is 0. The minimum Gasteiger partial charge on any atom is -0.289 e. The van der Waals surface area contributed by atoms with Gasteiger partial charge in [0.1, 0.15) is 0 Å². The molecule has 0 fully saturated rings. The zero-order chi connectivity index (χ0) is 20.0. The van der Waals surface area contributed by atoms with E-state index in [-0.39, 0.29) is 0 Å². The Hall–Kier alpha value is -3.17. The highest BCUT2D eigenvalue weighted by molar-refractivity contribution is 7.21. The lowest BCUT2D eigenvalue weighted by molar-refractivity contribution is 1.23. The van der Waals surface area contributed by atoms with Crippen LogP contribution in [0.4, 0.5) is 0 Å². The molecule has 2 nitrogen and oxygen atoms in total. The molecule has 3 aromatic carbocycles. The van der Waals surface area contributed by atoms with E-state index in [0.717, 1.165) is 16.2 Å². The minimum absolute atomic E-state index is 1.01. The number of imidazole rings is 1. The lowest BCUT2D eigenvalue weighted by atomic mass is 9.96. The second-order valence-electron chi connectivity index (χ2n) is 7.56. The molecule has 0 N–H and O–H groups in total. The molecule has 0 atom stereocenters. The highest BCUT2D eigenvalue weighted by Gasteiger charge is 2.21. The fraction of sp³-hybridized carbons (Fsp3) is 0.115. The summed E-state index contributed by atoms with van der Waals surface area (Å²) in [6.07, 6.45) is 2.17. The molecule has 29 heavy (non-hydrogen) atoms. The smallest absolute Gasteiger partial charge is 0.195 e. The van der Waals surface area contributed by atoms with Gasteiger partial charge in [0.15, 0.2) is 4.96 Å². The zero-order valence-electron chi connectivity index (χ0n) is 16.8. The van der Waals surface area contributed by atoms with Gasteiger partial charge in [0.2, 0.25) is 0 Å². The quantitative estimate of drug-likeness (QED) is 0.313. The van der Waals surface area contributed by atoms with E-state index in [2.05, 4.69) is 98.1 Å². The normalized spacial score (nSPS) is 11.3. The zero-order valence-corrected chi connectivity index (χ0v) is 17.6. The van der Waals surface area contributed by atoms with Crippen molar-refractivity contribution in [2.45, 2.75) is 20.8 Å². The van der Waals surface area contributed by atoms with Crippen LogP contribution in [0.25, 0.3) is 37.9 Å². The first-order chi connectivity index (χ1) is 14.1. The molecule has 0 saturated heterocycles. The third-order valence-corrected chi connectivity index (χ3v) is 6.42. The van der Waals surface area contributed by atoms with E-state index in [4.69, 9.17) is 4.98 Å². The molecule has 0 aliphatic carbocycles. The summed E-state index contributed by atoms with van der Waals surface area (Å²) in [4.78, 5) is 7.28. The summed E-state index contributed by atoms with van der Waals surface area (Å²) < 4.78 is 2.26. The second-order valence-corrected chi connectivity index (χ2v) is 8.54. The molecule has 3 heteroatoms. The molecule has 5 rings (SSSR count). The van der Waals surface area contributed by atoms with Crippen LogP contribution in [0, 0.1) is 20.8 Å². The van der Waals surface area contributed by atoms with Crippen LogP contribution in [-0.4, -0.2) is 9.38 Å². The Morgan fingerprint density at radius 2 is 1.34 bits per heavy atom. The van der Waals surface area contributed by atoms with Crippen LogP contribution in [0.15, 0.2) is 79.0 Å². The van der Waals surface area contributed by atoms with Crippen LogP contribution in [0.2, 0.25) is 0 Å². The van der Waals surface area contributed by atoms with Gasteiger partial charge in [0.25, 0.3) is 0 Å². The molecule has 142 valence electrons. The van der Waals surface area contributed by atoms with Gasteiger partial charge < -0.3 is 0 Å². The van der Waals surface area contributed by atoms with Crippen LogP contribution in [0.3, 0.4) is 0 Å². The Morgan fingerprint density at radius 1 is 0.759 bits per heavy atom. The number of benzene rings is 3. The Morgan fingerprint density at radius 3 is 1.97 bits per heavy atom. The summed E-state index contributed by atoms with van der Waals surface area (Å²) in [5, 5.41) is 0. The number of hydrogen-bond acceptors (Lipinski definition) is 2. The van der Waals surface area contributed by atoms with Gasteiger partial charge in [0.05, 0.1) is 16.3 Å². The van der Waals surface area contributed by atoms with Gasteiger partial charge in [-0.15, -0.1) is 0 Å². The van der Waals surface area contributed by atoms with Gasteiger partial charge in [-0.05, 0) is 37.5 Å². The Balaban J connectivity index is 1.80. The molecule has 2 heterocycles. The molecule has 2 aromatic heterocycles. The molecule has 0 spiro atoms. The number of nitrogens with zero attached hydrogens (tertiary/aromatic N) is 2. The third-order valence-electron chi connectivity index (χ3n) is 5.34. The Bertz CT molecular complexity index is 1290. The molecule has 0 radical (unpaired) electrons. The minimum atomic E-state index is 1.01. The molecule has 0 amide bonds. The standard InChI is InChI=1S/C26H22N2S/c1-17-14-18(2)23(19(3)15-17)25-24(21-12-8-5-9-13-21)28-16-22(27-26(28)29-25)20-10-6-4-7-11-20/h4-16H,1-3H3. The molecule has 0 aliphatic heterocycles. The third kappa shape index (κ3) is 3.08. The van der Waals surface area contributed by atoms with E-state index in [1.54, 1.807) is 11.3 Å². The van der Waals surface area contributed by atoms with E-state index in [9.17, 15) is 0 Å². The van der Waals surface area contributed by atoms with Crippen LogP contribution < -0.4 is 0 Å². The maximum absolute atomic E-state index is 4.97. The largest absolute Gasteiger partial charge is 0.289 e. The van der Waals surface area contributed by atoms with Gasteiger partial charge in [-0.2, -0.15) is 0 Å². The molecule has 5 aromatic rings. The van der Waals surface area contributed by atoms with Gasteiger partial charge in [-0.25, -0.2) is 4.98 Å². The van der Waals surface area contributed by atoms with E-state index in [1.165, 1.54) is 38.4 Å². The van der Waals surface area contributed by atoms with Gasteiger partial charge in [-0.3, -0.25) is 4.40 Å². The fourth-order valence-corrected chi connectivity index (χ4v) is 5.47. The Labute approximate surface area is 175 Å². The summed E-state index contributed by atoms with van der Waals surface area (Å²) >= 11 is 1.77.